The van der Waals surface area contributed by atoms with Crippen LogP contribution in [0, 0.1) is 0 Å². The standard InChI is InChI=1S/C23H12F6N2O8/c24-21(25,7-38-19(36)9-1-3-11-13(5-9)17(34)30-15(11)32)23(28,29)22(26,27)8-39-20(37)10-2-4-12-14(6-10)18(35)31-16(12)33/h1-6H,7-8H2,(H,30,32,34)(H,31,33,35). The number of nitrogens with one attached hydrogen (secondary N) is 2. The Morgan fingerprint density at radius 2 is 0.923 bits per heavy atom. The Labute approximate surface area is 212 Å². The SMILES string of the molecule is O=C(OCC(F)(F)C(F)(F)C(F)(F)COC(=O)c1ccc2c(c1)C(=O)NC2=O)c1ccc2c(c1)C(=O)NC2=O. The van der Waals surface area contributed by atoms with Crippen LogP contribution >= 0.6 is 0 Å². The maximum absolute atomic E-state index is 14.2. The molecule has 0 saturated carbocycles. The number of carbonyl (C=O) groups is 6. The van der Waals surface area contributed by atoms with Crippen molar-refractivity contribution in [3.05, 3.63) is 69.8 Å². The molecular weight excluding hydrogens is 546 g/mol. The molecule has 0 radical (unpaired) electrons. The van der Waals surface area contributed by atoms with Crippen molar-refractivity contribution >= 4 is 35.6 Å². The molecule has 0 fully saturated rings. The minimum Gasteiger partial charge on any atom is -0.455 e. The molecule has 2 N–H and O–H groups in total. The molecule has 0 aliphatic carbocycles. The highest BCUT2D eigenvalue weighted by molar-refractivity contribution is 6.22. The van der Waals surface area contributed by atoms with Crippen LogP contribution in [0.2, 0.25) is 0 Å². The highest BCUT2D eigenvalue weighted by Crippen LogP contribution is 2.46. The van der Waals surface area contributed by atoms with Gasteiger partial charge in [0.25, 0.3) is 23.6 Å². The summed E-state index contributed by atoms with van der Waals surface area (Å²) in [6.07, 6.45) is 0. The van der Waals surface area contributed by atoms with Crippen molar-refractivity contribution in [3.8, 4) is 0 Å². The summed E-state index contributed by atoms with van der Waals surface area (Å²) in [7, 11) is 0. The first-order valence-corrected chi connectivity index (χ1v) is 10.5. The predicted octanol–water partition coefficient (Wildman–Crippen LogP) is 2.37. The van der Waals surface area contributed by atoms with Gasteiger partial charge >= 0.3 is 29.7 Å². The van der Waals surface area contributed by atoms with E-state index in [-0.39, 0.29) is 22.3 Å². The number of hydrogen-bond acceptors (Lipinski definition) is 8. The normalized spacial score (nSPS) is 14.9. The summed E-state index contributed by atoms with van der Waals surface area (Å²) in [5.41, 5.74) is -2.17. The number of halogens is 6. The van der Waals surface area contributed by atoms with Gasteiger partial charge in [-0.05, 0) is 36.4 Å². The van der Waals surface area contributed by atoms with Crippen LogP contribution in [0.4, 0.5) is 26.3 Å². The third-order valence-electron chi connectivity index (χ3n) is 5.63. The van der Waals surface area contributed by atoms with Gasteiger partial charge in [0.1, 0.15) is 0 Å². The number of imide groups is 2. The summed E-state index contributed by atoms with van der Waals surface area (Å²) in [5, 5.41) is 3.77. The van der Waals surface area contributed by atoms with Gasteiger partial charge in [0.05, 0.1) is 33.4 Å². The Kier molecular flexibility index (Phi) is 6.44. The topological polar surface area (TPSA) is 145 Å². The summed E-state index contributed by atoms with van der Waals surface area (Å²) in [4.78, 5) is 70.3. The van der Waals surface area contributed by atoms with Crippen LogP contribution in [0.1, 0.15) is 62.1 Å². The second kappa shape index (κ2) is 9.21. The molecule has 0 bridgehead atoms. The van der Waals surface area contributed by atoms with E-state index < -0.39 is 77.7 Å². The van der Waals surface area contributed by atoms with E-state index in [0.717, 1.165) is 36.4 Å². The number of hydrogen-bond donors (Lipinski definition) is 2. The van der Waals surface area contributed by atoms with E-state index in [9.17, 15) is 55.1 Å². The second-order valence-corrected chi connectivity index (χ2v) is 8.22. The average molecular weight is 558 g/mol. The Morgan fingerprint density at radius 3 is 1.28 bits per heavy atom. The molecule has 0 aromatic heterocycles. The number of esters is 2. The van der Waals surface area contributed by atoms with Crippen molar-refractivity contribution in [2.75, 3.05) is 13.2 Å². The van der Waals surface area contributed by atoms with Crippen molar-refractivity contribution in [2.24, 2.45) is 0 Å². The molecule has 0 atom stereocenters. The molecule has 39 heavy (non-hydrogen) atoms. The molecule has 2 aliphatic rings. The zero-order valence-electron chi connectivity index (χ0n) is 18.9. The summed E-state index contributed by atoms with van der Waals surface area (Å²) in [5.74, 6) is -24.4. The van der Waals surface area contributed by atoms with Crippen molar-refractivity contribution in [1.82, 2.24) is 10.6 Å². The van der Waals surface area contributed by atoms with Gasteiger partial charge in [0.15, 0.2) is 13.2 Å². The smallest absolute Gasteiger partial charge is 0.378 e. The maximum Gasteiger partial charge on any atom is 0.378 e. The van der Waals surface area contributed by atoms with Crippen LogP contribution in [0.5, 0.6) is 0 Å². The zero-order chi connectivity index (χ0) is 28.9. The first kappa shape index (κ1) is 27.3. The quantitative estimate of drug-likeness (QED) is 0.286. The zero-order valence-corrected chi connectivity index (χ0v) is 18.9. The van der Waals surface area contributed by atoms with Crippen molar-refractivity contribution < 1.29 is 64.6 Å². The van der Waals surface area contributed by atoms with E-state index in [4.69, 9.17) is 0 Å². The van der Waals surface area contributed by atoms with E-state index in [1.54, 1.807) is 0 Å². The number of amides is 4. The maximum atomic E-state index is 14.2. The van der Waals surface area contributed by atoms with Crippen LogP contribution in [-0.4, -0.2) is 66.5 Å². The van der Waals surface area contributed by atoms with Gasteiger partial charge in [-0.3, -0.25) is 29.8 Å². The Bertz CT molecular complexity index is 1370. The minimum atomic E-state index is -6.20. The van der Waals surface area contributed by atoms with Crippen LogP contribution in [0.25, 0.3) is 0 Å². The number of rotatable bonds is 8. The van der Waals surface area contributed by atoms with Gasteiger partial charge < -0.3 is 9.47 Å². The summed E-state index contributed by atoms with van der Waals surface area (Å²) >= 11 is 0. The van der Waals surface area contributed by atoms with Crippen molar-refractivity contribution in [2.45, 2.75) is 17.8 Å². The molecule has 4 amide bonds. The molecule has 4 rings (SSSR count). The number of carbonyl (C=O) groups excluding carboxylic acids is 6. The molecule has 2 aromatic carbocycles. The highest BCUT2D eigenvalue weighted by atomic mass is 19.3. The largest absolute Gasteiger partial charge is 0.455 e. The Morgan fingerprint density at radius 1 is 0.590 bits per heavy atom. The van der Waals surface area contributed by atoms with E-state index in [1.165, 1.54) is 0 Å². The van der Waals surface area contributed by atoms with Crippen LogP contribution in [0.3, 0.4) is 0 Å². The molecule has 0 saturated heterocycles. The lowest BCUT2D eigenvalue weighted by atomic mass is 10.0. The average Bonchev–Trinajstić information content (AvgIpc) is 3.33. The van der Waals surface area contributed by atoms with E-state index in [1.807, 2.05) is 10.6 Å². The predicted molar refractivity (Wildman–Crippen MR) is 112 cm³/mol. The first-order valence-electron chi connectivity index (χ1n) is 10.5. The molecule has 2 aromatic rings. The second-order valence-electron chi connectivity index (χ2n) is 8.22. The Balaban J connectivity index is 1.41. The van der Waals surface area contributed by atoms with Crippen LogP contribution < -0.4 is 10.6 Å². The van der Waals surface area contributed by atoms with Gasteiger partial charge in [0.2, 0.25) is 0 Å². The highest BCUT2D eigenvalue weighted by Gasteiger charge is 2.72. The monoisotopic (exact) mass is 558 g/mol. The van der Waals surface area contributed by atoms with E-state index in [0.29, 0.717) is 0 Å². The number of fused-ring (bicyclic) bond motifs is 2. The number of benzene rings is 2. The minimum absolute atomic E-state index is 0.153. The fourth-order valence-electron chi connectivity index (χ4n) is 3.52. The third-order valence-corrected chi connectivity index (χ3v) is 5.63. The summed E-state index contributed by atoms with van der Waals surface area (Å²) in [6.45, 7) is -5.06. The van der Waals surface area contributed by atoms with Gasteiger partial charge in [0, 0.05) is 0 Å². The fourth-order valence-corrected chi connectivity index (χ4v) is 3.52. The third kappa shape index (κ3) is 4.68. The molecule has 2 heterocycles. The molecule has 0 unspecified atom stereocenters. The lowest BCUT2D eigenvalue weighted by Gasteiger charge is -2.32. The number of alkyl halides is 6. The van der Waals surface area contributed by atoms with Gasteiger partial charge in [-0.15, -0.1) is 0 Å². The van der Waals surface area contributed by atoms with Crippen molar-refractivity contribution in [3.63, 3.8) is 0 Å². The number of ether oxygens (including phenoxy) is 2. The molecule has 10 nitrogen and oxygen atoms in total. The van der Waals surface area contributed by atoms with E-state index >= 15 is 0 Å². The van der Waals surface area contributed by atoms with Gasteiger partial charge in [-0.1, -0.05) is 0 Å². The molecule has 0 spiro atoms. The lowest BCUT2D eigenvalue weighted by Crippen LogP contribution is -2.58. The molecule has 2 aliphatic heterocycles. The van der Waals surface area contributed by atoms with E-state index in [2.05, 4.69) is 9.47 Å². The fraction of sp³-hybridized carbons (Fsp3) is 0.217. The summed E-state index contributed by atoms with van der Waals surface area (Å²) < 4.78 is 93.1. The van der Waals surface area contributed by atoms with Crippen LogP contribution in [0.15, 0.2) is 36.4 Å². The Hall–Kier alpha value is -4.76. The molecule has 204 valence electrons. The molecule has 16 heteroatoms. The van der Waals surface area contributed by atoms with Crippen molar-refractivity contribution in [1.29, 1.82) is 0 Å². The summed E-state index contributed by atoms with van der Waals surface area (Å²) in [6, 6.07) is 5.19. The van der Waals surface area contributed by atoms with Gasteiger partial charge in [-0.2, -0.15) is 26.3 Å². The lowest BCUT2D eigenvalue weighted by molar-refractivity contribution is -0.322. The first-order chi connectivity index (χ1) is 18.1. The van der Waals surface area contributed by atoms with Gasteiger partial charge in [-0.25, -0.2) is 9.59 Å². The molecular formula is C23H12F6N2O8. The van der Waals surface area contributed by atoms with Crippen LogP contribution in [-0.2, 0) is 9.47 Å².